The molecule has 0 unspecified atom stereocenters. The Bertz CT molecular complexity index is 94.9. The molecular weight excluding hydrogens is 124 g/mol. The Hall–Kier alpha value is -0.300. The fourth-order valence-corrected chi connectivity index (χ4v) is 0.968. The van der Waals surface area contributed by atoms with Crippen molar-refractivity contribution in [2.45, 2.75) is 33.1 Å². The molecule has 1 heteroatoms. The monoisotopic (exact) mass is 142 g/mol. The molecule has 0 rings (SSSR count). The zero-order chi connectivity index (χ0) is 7.82. The molecule has 0 spiro atoms. The van der Waals surface area contributed by atoms with E-state index in [0.29, 0.717) is 0 Å². The molecule has 0 aliphatic carbocycles. The van der Waals surface area contributed by atoms with Gasteiger partial charge in [-0.2, -0.15) is 0 Å². The van der Waals surface area contributed by atoms with Crippen LogP contribution in [0.1, 0.15) is 33.1 Å². The summed E-state index contributed by atoms with van der Waals surface area (Å²) < 4.78 is 4.98. The summed E-state index contributed by atoms with van der Waals surface area (Å²) in [6.45, 7) is 5.16. The summed E-state index contributed by atoms with van der Waals surface area (Å²) in [5, 5.41) is 0. The molecule has 60 valence electrons. The first-order valence-electron chi connectivity index (χ1n) is 3.98. The first-order valence-corrected chi connectivity index (χ1v) is 3.98. The highest BCUT2D eigenvalue weighted by Gasteiger charge is 1.92. The summed E-state index contributed by atoms with van der Waals surface area (Å²) >= 11 is 0. The van der Waals surface area contributed by atoms with Crippen molar-refractivity contribution in [3.8, 4) is 0 Å². The Morgan fingerprint density at radius 3 is 2.50 bits per heavy atom. The van der Waals surface area contributed by atoms with E-state index in [1.165, 1.54) is 18.4 Å². The van der Waals surface area contributed by atoms with Crippen molar-refractivity contribution < 1.29 is 4.74 Å². The number of allylic oxidation sites excluding steroid dienone is 1. The van der Waals surface area contributed by atoms with Gasteiger partial charge < -0.3 is 4.74 Å². The lowest BCUT2D eigenvalue weighted by Crippen LogP contribution is -1.91. The lowest BCUT2D eigenvalue weighted by molar-refractivity contribution is 0.201. The average molecular weight is 142 g/mol. The molecule has 0 aliphatic rings. The summed E-state index contributed by atoms with van der Waals surface area (Å²) in [4.78, 5) is 0. The van der Waals surface area contributed by atoms with Gasteiger partial charge in [0.05, 0.1) is 0 Å². The van der Waals surface area contributed by atoms with Gasteiger partial charge in [-0.1, -0.05) is 25.0 Å². The maximum atomic E-state index is 4.98. The third kappa shape index (κ3) is 4.57. The molecule has 1 nitrogen and oxygen atoms in total. The van der Waals surface area contributed by atoms with E-state index in [0.717, 1.165) is 13.0 Å². The van der Waals surface area contributed by atoms with Gasteiger partial charge in [-0.15, -0.1) is 0 Å². The molecule has 0 aromatic rings. The van der Waals surface area contributed by atoms with E-state index in [9.17, 15) is 0 Å². The topological polar surface area (TPSA) is 9.23 Å². The smallest absolute Gasteiger partial charge is 0.0499 e. The van der Waals surface area contributed by atoms with Crippen LogP contribution in [0, 0.1) is 0 Å². The molecule has 0 aromatic heterocycles. The molecule has 0 bridgehead atoms. The Morgan fingerprint density at radius 1 is 1.40 bits per heavy atom. The summed E-state index contributed by atoms with van der Waals surface area (Å²) in [6, 6.07) is 0. The Kier molecular flexibility index (Phi) is 6.61. The lowest BCUT2D eigenvalue weighted by Gasteiger charge is -2.02. The normalized spacial score (nSPS) is 12.1. The highest BCUT2D eigenvalue weighted by molar-refractivity contribution is 4.99. The first kappa shape index (κ1) is 9.70. The van der Waals surface area contributed by atoms with Crippen LogP contribution in [0.4, 0.5) is 0 Å². The quantitative estimate of drug-likeness (QED) is 0.536. The lowest BCUT2D eigenvalue weighted by atomic mass is 10.1. The van der Waals surface area contributed by atoms with Crippen molar-refractivity contribution in [1.82, 2.24) is 0 Å². The standard InChI is InChI=1S/C9H18O/c1-4-6-9(5-2)7-8-10-3/h5H,4,6-8H2,1-3H3/b9-5-. The van der Waals surface area contributed by atoms with Crippen LogP contribution in [0.2, 0.25) is 0 Å². The molecule has 0 saturated carbocycles. The summed E-state index contributed by atoms with van der Waals surface area (Å²) in [7, 11) is 1.75. The molecule has 10 heavy (non-hydrogen) atoms. The van der Waals surface area contributed by atoms with Crippen molar-refractivity contribution >= 4 is 0 Å². The molecule has 0 fully saturated rings. The predicted molar refractivity (Wildman–Crippen MR) is 45.2 cm³/mol. The zero-order valence-corrected chi connectivity index (χ0v) is 7.31. The number of methoxy groups -OCH3 is 1. The summed E-state index contributed by atoms with van der Waals surface area (Å²) in [5.41, 5.74) is 1.52. The van der Waals surface area contributed by atoms with Crippen LogP contribution in [0.15, 0.2) is 11.6 Å². The van der Waals surface area contributed by atoms with Crippen molar-refractivity contribution in [2.75, 3.05) is 13.7 Å². The highest BCUT2D eigenvalue weighted by atomic mass is 16.5. The SMILES string of the molecule is C/C=C(/CCC)CCOC. The van der Waals surface area contributed by atoms with Crippen molar-refractivity contribution in [3.63, 3.8) is 0 Å². The van der Waals surface area contributed by atoms with E-state index in [1.54, 1.807) is 7.11 Å². The van der Waals surface area contributed by atoms with E-state index in [1.807, 2.05) is 0 Å². The number of hydrogen-bond acceptors (Lipinski definition) is 1. The molecule has 0 radical (unpaired) electrons. The molecular formula is C9H18O. The highest BCUT2D eigenvalue weighted by Crippen LogP contribution is 2.08. The fourth-order valence-electron chi connectivity index (χ4n) is 0.968. The minimum atomic E-state index is 0.861. The van der Waals surface area contributed by atoms with Crippen molar-refractivity contribution in [2.24, 2.45) is 0 Å². The van der Waals surface area contributed by atoms with Gasteiger partial charge in [0.1, 0.15) is 0 Å². The zero-order valence-electron chi connectivity index (χ0n) is 7.31. The summed E-state index contributed by atoms with van der Waals surface area (Å²) in [6.07, 6.45) is 5.76. The Labute approximate surface area is 64.1 Å². The first-order chi connectivity index (χ1) is 4.85. The Morgan fingerprint density at radius 2 is 2.10 bits per heavy atom. The van der Waals surface area contributed by atoms with Gasteiger partial charge in [-0.05, 0) is 19.8 Å². The number of ether oxygens (including phenoxy) is 1. The molecule has 0 amide bonds. The van der Waals surface area contributed by atoms with Gasteiger partial charge in [0.15, 0.2) is 0 Å². The van der Waals surface area contributed by atoms with Crippen LogP contribution in [0.3, 0.4) is 0 Å². The van der Waals surface area contributed by atoms with E-state index in [-0.39, 0.29) is 0 Å². The van der Waals surface area contributed by atoms with Gasteiger partial charge in [0.2, 0.25) is 0 Å². The molecule has 0 atom stereocenters. The van der Waals surface area contributed by atoms with Gasteiger partial charge in [0.25, 0.3) is 0 Å². The van der Waals surface area contributed by atoms with E-state index in [4.69, 9.17) is 4.74 Å². The molecule has 0 aromatic carbocycles. The molecule has 0 aliphatic heterocycles. The number of rotatable bonds is 5. The van der Waals surface area contributed by atoms with Crippen LogP contribution >= 0.6 is 0 Å². The van der Waals surface area contributed by atoms with Gasteiger partial charge in [-0.25, -0.2) is 0 Å². The van der Waals surface area contributed by atoms with Gasteiger partial charge in [-0.3, -0.25) is 0 Å². The van der Waals surface area contributed by atoms with Crippen LogP contribution < -0.4 is 0 Å². The van der Waals surface area contributed by atoms with Crippen LogP contribution in [0.5, 0.6) is 0 Å². The second-order valence-electron chi connectivity index (χ2n) is 2.44. The van der Waals surface area contributed by atoms with Crippen LogP contribution in [-0.4, -0.2) is 13.7 Å². The second kappa shape index (κ2) is 6.81. The number of hydrogen-bond donors (Lipinski definition) is 0. The fraction of sp³-hybridized carbons (Fsp3) is 0.778. The van der Waals surface area contributed by atoms with Crippen LogP contribution in [-0.2, 0) is 4.74 Å². The van der Waals surface area contributed by atoms with Gasteiger partial charge in [0, 0.05) is 13.7 Å². The largest absolute Gasteiger partial charge is 0.384 e. The van der Waals surface area contributed by atoms with Crippen molar-refractivity contribution in [1.29, 1.82) is 0 Å². The molecule has 0 saturated heterocycles. The third-order valence-corrected chi connectivity index (χ3v) is 1.61. The molecule has 0 heterocycles. The Balaban J connectivity index is 3.41. The van der Waals surface area contributed by atoms with Crippen molar-refractivity contribution in [3.05, 3.63) is 11.6 Å². The minimum absolute atomic E-state index is 0.861. The van der Waals surface area contributed by atoms with E-state index in [2.05, 4.69) is 19.9 Å². The average Bonchev–Trinajstić information content (AvgIpc) is 1.98. The van der Waals surface area contributed by atoms with Crippen LogP contribution in [0.25, 0.3) is 0 Å². The summed E-state index contributed by atoms with van der Waals surface area (Å²) in [5.74, 6) is 0. The maximum Gasteiger partial charge on any atom is 0.0499 e. The van der Waals surface area contributed by atoms with E-state index < -0.39 is 0 Å². The second-order valence-corrected chi connectivity index (χ2v) is 2.44. The van der Waals surface area contributed by atoms with Gasteiger partial charge >= 0.3 is 0 Å². The maximum absolute atomic E-state index is 4.98. The van der Waals surface area contributed by atoms with E-state index >= 15 is 0 Å². The predicted octanol–water partition coefficient (Wildman–Crippen LogP) is 2.77. The molecule has 0 N–H and O–H groups in total. The third-order valence-electron chi connectivity index (χ3n) is 1.61. The minimum Gasteiger partial charge on any atom is -0.384 e.